The van der Waals surface area contributed by atoms with Crippen LogP contribution in [0.4, 0.5) is 0 Å². The van der Waals surface area contributed by atoms with Gasteiger partial charge in [-0.15, -0.1) is 0 Å². The van der Waals surface area contributed by atoms with Gasteiger partial charge in [0.25, 0.3) is 0 Å². The van der Waals surface area contributed by atoms with Gasteiger partial charge in [0, 0.05) is 37.9 Å². The molecule has 0 fully saturated rings. The molecule has 1 aromatic rings. The summed E-state index contributed by atoms with van der Waals surface area (Å²) in [6, 6.07) is 7.95. The minimum absolute atomic E-state index is 0.766. The summed E-state index contributed by atoms with van der Waals surface area (Å²) in [5.41, 5.74) is 1.22. The van der Waals surface area contributed by atoms with Gasteiger partial charge in [-0.1, -0.05) is 23.7 Å². The molecule has 4 nitrogen and oxygen atoms in total. The normalized spacial score (nSPS) is 11.5. The Morgan fingerprint density at radius 2 is 2.14 bits per heavy atom. The predicted octanol–water partition coefficient (Wildman–Crippen LogP) is 2.86. The lowest BCUT2D eigenvalue weighted by Crippen LogP contribution is -2.38. The zero-order valence-corrected chi connectivity index (χ0v) is 13.7. The van der Waals surface area contributed by atoms with Crippen molar-refractivity contribution >= 4 is 17.6 Å². The van der Waals surface area contributed by atoms with E-state index in [0.717, 1.165) is 56.7 Å². The molecule has 1 aromatic carbocycles. The van der Waals surface area contributed by atoms with Crippen molar-refractivity contribution in [3.8, 4) is 0 Å². The van der Waals surface area contributed by atoms with Crippen LogP contribution < -0.4 is 10.6 Å². The minimum Gasteiger partial charge on any atom is -0.382 e. The smallest absolute Gasteiger partial charge is 0.191 e. The predicted molar refractivity (Wildman–Crippen MR) is 90.2 cm³/mol. The van der Waals surface area contributed by atoms with Gasteiger partial charge < -0.3 is 15.4 Å². The molecule has 0 amide bonds. The maximum atomic E-state index is 5.98. The molecule has 0 unspecified atom stereocenters. The Labute approximate surface area is 132 Å². The summed E-state index contributed by atoms with van der Waals surface area (Å²) in [4.78, 5) is 4.52. The minimum atomic E-state index is 0.766. The summed E-state index contributed by atoms with van der Waals surface area (Å²) in [7, 11) is 0. The van der Waals surface area contributed by atoms with Crippen molar-refractivity contribution in [1.82, 2.24) is 10.6 Å². The second kappa shape index (κ2) is 11.4. The summed E-state index contributed by atoms with van der Waals surface area (Å²) in [6.45, 7) is 8.06. The van der Waals surface area contributed by atoms with E-state index in [1.165, 1.54) is 5.56 Å². The third kappa shape index (κ3) is 8.58. The summed E-state index contributed by atoms with van der Waals surface area (Å²) < 4.78 is 5.30. The van der Waals surface area contributed by atoms with E-state index in [1.54, 1.807) is 0 Å². The number of hydrogen-bond donors (Lipinski definition) is 2. The first-order valence-corrected chi connectivity index (χ1v) is 7.98. The molecule has 0 saturated heterocycles. The van der Waals surface area contributed by atoms with E-state index >= 15 is 0 Å². The van der Waals surface area contributed by atoms with Crippen molar-refractivity contribution in [3.63, 3.8) is 0 Å². The number of rotatable bonds is 9. The Morgan fingerprint density at radius 1 is 1.29 bits per heavy atom. The summed E-state index contributed by atoms with van der Waals surface area (Å²) in [5, 5.41) is 7.36. The fourth-order valence-electron chi connectivity index (χ4n) is 1.86. The first-order valence-electron chi connectivity index (χ1n) is 7.60. The number of hydrogen-bond acceptors (Lipinski definition) is 2. The fourth-order valence-corrected chi connectivity index (χ4v) is 2.07. The van der Waals surface area contributed by atoms with Crippen LogP contribution in [0.1, 0.15) is 25.8 Å². The third-order valence-corrected chi connectivity index (χ3v) is 3.10. The van der Waals surface area contributed by atoms with Gasteiger partial charge in [0.05, 0.1) is 0 Å². The molecular formula is C16H26ClN3O. The molecule has 2 N–H and O–H groups in total. The number of benzene rings is 1. The lowest BCUT2D eigenvalue weighted by atomic mass is 10.1. The maximum Gasteiger partial charge on any atom is 0.191 e. The van der Waals surface area contributed by atoms with Crippen LogP contribution in [0.25, 0.3) is 0 Å². The summed E-state index contributed by atoms with van der Waals surface area (Å²) >= 11 is 5.98. The molecule has 0 aliphatic heterocycles. The van der Waals surface area contributed by atoms with Crippen LogP contribution in [0.2, 0.25) is 5.02 Å². The molecule has 0 heterocycles. The number of guanidine groups is 1. The standard InChI is InChI=1S/C16H26ClN3O/c1-3-18-16(19-10-6-12-21-4-2)20-11-9-14-7-5-8-15(17)13-14/h5,7-8,13H,3-4,6,9-12H2,1-2H3,(H2,18,19,20). The largest absolute Gasteiger partial charge is 0.382 e. The molecule has 5 heteroatoms. The Bertz CT molecular complexity index is 424. The summed E-state index contributed by atoms with van der Waals surface area (Å²) in [6.07, 6.45) is 1.86. The van der Waals surface area contributed by atoms with Crippen LogP contribution >= 0.6 is 11.6 Å². The highest BCUT2D eigenvalue weighted by atomic mass is 35.5. The van der Waals surface area contributed by atoms with Gasteiger partial charge in [0.2, 0.25) is 0 Å². The van der Waals surface area contributed by atoms with Crippen molar-refractivity contribution in [3.05, 3.63) is 34.9 Å². The van der Waals surface area contributed by atoms with E-state index in [-0.39, 0.29) is 0 Å². The average Bonchev–Trinajstić information content (AvgIpc) is 2.47. The number of halogens is 1. The van der Waals surface area contributed by atoms with Gasteiger partial charge >= 0.3 is 0 Å². The van der Waals surface area contributed by atoms with E-state index in [1.807, 2.05) is 25.1 Å². The molecule has 118 valence electrons. The highest BCUT2D eigenvalue weighted by Gasteiger charge is 1.98. The van der Waals surface area contributed by atoms with Gasteiger partial charge in [-0.3, -0.25) is 4.99 Å². The molecule has 0 radical (unpaired) electrons. The highest BCUT2D eigenvalue weighted by Crippen LogP contribution is 2.10. The van der Waals surface area contributed by atoms with Crippen molar-refractivity contribution < 1.29 is 4.74 Å². The number of ether oxygens (including phenoxy) is 1. The first kappa shape index (κ1) is 17.8. The van der Waals surface area contributed by atoms with Crippen molar-refractivity contribution in [2.75, 3.05) is 32.8 Å². The molecule has 0 bridgehead atoms. The van der Waals surface area contributed by atoms with Crippen LogP contribution in [-0.2, 0) is 11.2 Å². The van der Waals surface area contributed by atoms with Crippen LogP contribution in [0.3, 0.4) is 0 Å². The zero-order chi connectivity index (χ0) is 15.3. The first-order chi connectivity index (χ1) is 10.3. The molecule has 21 heavy (non-hydrogen) atoms. The van der Waals surface area contributed by atoms with Crippen molar-refractivity contribution in [1.29, 1.82) is 0 Å². The number of nitrogens with one attached hydrogen (secondary N) is 2. The molecule has 1 rings (SSSR count). The zero-order valence-electron chi connectivity index (χ0n) is 13.0. The molecule has 0 spiro atoms. The summed E-state index contributed by atoms with van der Waals surface area (Å²) in [5.74, 6) is 0.857. The quantitative estimate of drug-likeness (QED) is 0.419. The maximum absolute atomic E-state index is 5.98. The fraction of sp³-hybridized carbons (Fsp3) is 0.562. The Hall–Kier alpha value is -1.26. The molecule has 0 saturated carbocycles. The van der Waals surface area contributed by atoms with Crippen LogP contribution in [0.15, 0.2) is 29.3 Å². The molecule has 0 aliphatic rings. The highest BCUT2D eigenvalue weighted by molar-refractivity contribution is 6.30. The molecular weight excluding hydrogens is 286 g/mol. The lowest BCUT2D eigenvalue weighted by Gasteiger charge is -2.11. The van der Waals surface area contributed by atoms with Crippen molar-refractivity contribution in [2.24, 2.45) is 4.99 Å². The van der Waals surface area contributed by atoms with E-state index < -0.39 is 0 Å². The Morgan fingerprint density at radius 3 is 2.86 bits per heavy atom. The topological polar surface area (TPSA) is 45.7 Å². The molecule has 0 aliphatic carbocycles. The molecule has 0 atom stereocenters. The van der Waals surface area contributed by atoms with Gasteiger partial charge in [0.1, 0.15) is 0 Å². The van der Waals surface area contributed by atoms with E-state index in [4.69, 9.17) is 16.3 Å². The number of nitrogens with zero attached hydrogens (tertiary/aromatic N) is 1. The Kier molecular flexibility index (Phi) is 9.66. The van der Waals surface area contributed by atoms with Gasteiger partial charge in [-0.25, -0.2) is 0 Å². The van der Waals surface area contributed by atoms with Crippen LogP contribution in [-0.4, -0.2) is 38.8 Å². The van der Waals surface area contributed by atoms with E-state index in [9.17, 15) is 0 Å². The second-order valence-electron chi connectivity index (χ2n) is 4.62. The second-order valence-corrected chi connectivity index (χ2v) is 5.05. The van der Waals surface area contributed by atoms with E-state index in [0.29, 0.717) is 0 Å². The van der Waals surface area contributed by atoms with Gasteiger partial charge in [-0.2, -0.15) is 0 Å². The van der Waals surface area contributed by atoms with Crippen LogP contribution in [0.5, 0.6) is 0 Å². The monoisotopic (exact) mass is 311 g/mol. The SMILES string of the molecule is CCNC(=NCCCOCC)NCCc1cccc(Cl)c1. The van der Waals surface area contributed by atoms with Crippen molar-refractivity contribution in [2.45, 2.75) is 26.7 Å². The lowest BCUT2D eigenvalue weighted by molar-refractivity contribution is 0.146. The molecule has 0 aromatic heterocycles. The Balaban J connectivity index is 2.31. The average molecular weight is 312 g/mol. The van der Waals surface area contributed by atoms with Gasteiger partial charge in [-0.05, 0) is 44.4 Å². The third-order valence-electron chi connectivity index (χ3n) is 2.86. The van der Waals surface area contributed by atoms with Gasteiger partial charge in [0.15, 0.2) is 5.96 Å². The van der Waals surface area contributed by atoms with Crippen LogP contribution in [0, 0.1) is 0 Å². The number of aliphatic imine (C=N–C) groups is 1. The van der Waals surface area contributed by atoms with E-state index in [2.05, 4.69) is 28.6 Å².